The van der Waals surface area contributed by atoms with Gasteiger partial charge < -0.3 is 4.90 Å². The maximum atomic E-state index is 12.1. The largest absolute Gasteiger partial charge is 0.303 e. The van der Waals surface area contributed by atoms with Gasteiger partial charge in [-0.2, -0.15) is 0 Å². The molecule has 1 aliphatic heterocycles. The van der Waals surface area contributed by atoms with Gasteiger partial charge in [0.05, 0.1) is 5.02 Å². The van der Waals surface area contributed by atoms with Gasteiger partial charge in [-0.15, -0.1) is 0 Å². The molecule has 0 aliphatic carbocycles. The number of hydrogen-bond donors (Lipinski definition) is 0. The van der Waals surface area contributed by atoms with Crippen LogP contribution in [0.2, 0.25) is 10.0 Å². The number of Topliss-reactive ketones (excluding diaryl/α,β-unsaturated/α-hetero) is 1. The van der Waals surface area contributed by atoms with Crippen molar-refractivity contribution in [1.29, 1.82) is 0 Å². The standard InChI is InChI=1S/C17H22Cl2NO/c18-14-8-9-16(19)15(13-14)17(21)7-3-1-4-10-20-11-5-2-6-12-20/h2,8-9,13H,1,3-7,10-12H2. The van der Waals surface area contributed by atoms with Gasteiger partial charge in [-0.3, -0.25) is 4.79 Å². The first kappa shape index (κ1) is 16.8. The number of halogens is 2. The monoisotopic (exact) mass is 326 g/mol. The van der Waals surface area contributed by atoms with Crippen molar-refractivity contribution in [1.82, 2.24) is 4.90 Å². The van der Waals surface area contributed by atoms with E-state index in [4.69, 9.17) is 23.2 Å². The van der Waals surface area contributed by atoms with Crippen molar-refractivity contribution in [3.63, 3.8) is 0 Å². The number of likely N-dealkylation sites (tertiary alicyclic amines) is 1. The lowest BCUT2D eigenvalue weighted by Crippen LogP contribution is -2.30. The maximum Gasteiger partial charge on any atom is 0.164 e. The third-order valence-corrected chi connectivity index (χ3v) is 4.47. The lowest BCUT2D eigenvalue weighted by molar-refractivity contribution is 0.0979. The third kappa shape index (κ3) is 5.61. The Balaban J connectivity index is 1.66. The molecule has 2 rings (SSSR count). The summed E-state index contributed by atoms with van der Waals surface area (Å²) in [5.74, 6) is 0.0927. The van der Waals surface area contributed by atoms with E-state index in [1.54, 1.807) is 18.2 Å². The van der Waals surface area contributed by atoms with E-state index in [-0.39, 0.29) is 5.78 Å². The molecule has 21 heavy (non-hydrogen) atoms. The van der Waals surface area contributed by atoms with E-state index in [0.29, 0.717) is 22.0 Å². The highest BCUT2D eigenvalue weighted by Gasteiger charge is 2.12. The third-order valence-electron chi connectivity index (χ3n) is 3.91. The number of ketones is 1. The summed E-state index contributed by atoms with van der Waals surface area (Å²) in [6, 6.07) is 5.05. The molecule has 0 saturated carbocycles. The van der Waals surface area contributed by atoms with Crippen LogP contribution in [-0.4, -0.2) is 30.3 Å². The second-order valence-corrected chi connectivity index (χ2v) is 6.41. The lowest BCUT2D eigenvalue weighted by atomic mass is 10.0. The first-order valence-corrected chi connectivity index (χ1v) is 8.44. The fourth-order valence-corrected chi connectivity index (χ4v) is 3.07. The van der Waals surface area contributed by atoms with E-state index >= 15 is 0 Å². The molecule has 0 N–H and O–H groups in total. The summed E-state index contributed by atoms with van der Waals surface area (Å²) in [6.45, 7) is 3.54. The van der Waals surface area contributed by atoms with E-state index in [0.717, 1.165) is 25.8 Å². The molecule has 1 aromatic rings. The summed E-state index contributed by atoms with van der Waals surface area (Å²) < 4.78 is 0. The van der Waals surface area contributed by atoms with E-state index in [1.165, 1.54) is 25.9 Å². The van der Waals surface area contributed by atoms with Crippen molar-refractivity contribution in [3.05, 3.63) is 40.2 Å². The molecule has 1 aromatic carbocycles. The summed E-state index contributed by atoms with van der Waals surface area (Å²) in [4.78, 5) is 14.6. The molecule has 0 spiro atoms. The summed E-state index contributed by atoms with van der Waals surface area (Å²) in [5.41, 5.74) is 0.552. The van der Waals surface area contributed by atoms with Gasteiger partial charge in [0, 0.05) is 17.0 Å². The summed E-state index contributed by atoms with van der Waals surface area (Å²) in [6.07, 6.45) is 8.51. The second kappa shape index (κ2) is 8.77. The van der Waals surface area contributed by atoms with Crippen molar-refractivity contribution >= 4 is 29.0 Å². The van der Waals surface area contributed by atoms with E-state index < -0.39 is 0 Å². The van der Waals surface area contributed by atoms with Crippen LogP contribution in [0.4, 0.5) is 0 Å². The van der Waals surface area contributed by atoms with Crippen LogP contribution in [-0.2, 0) is 0 Å². The predicted octanol–water partition coefficient (Wildman–Crippen LogP) is 5.04. The van der Waals surface area contributed by atoms with Gasteiger partial charge >= 0.3 is 0 Å². The minimum absolute atomic E-state index is 0.0927. The van der Waals surface area contributed by atoms with Crippen LogP contribution < -0.4 is 0 Å². The topological polar surface area (TPSA) is 20.3 Å². The molecule has 0 atom stereocenters. The molecule has 0 bridgehead atoms. The van der Waals surface area contributed by atoms with Crippen LogP contribution in [0, 0.1) is 6.42 Å². The average molecular weight is 327 g/mol. The van der Waals surface area contributed by atoms with Crippen molar-refractivity contribution in [2.45, 2.75) is 38.5 Å². The second-order valence-electron chi connectivity index (χ2n) is 5.57. The average Bonchev–Trinajstić information content (AvgIpc) is 2.50. The Bertz CT molecular complexity index is 470. The quantitative estimate of drug-likeness (QED) is 0.517. The first-order chi connectivity index (χ1) is 10.2. The molecular weight excluding hydrogens is 305 g/mol. The smallest absolute Gasteiger partial charge is 0.164 e. The summed E-state index contributed by atoms with van der Waals surface area (Å²) >= 11 is 12.0. The molecule has 0 unspecified atom stereocenters. The minimum Gasteiger partial charge on any atom is -0.303 e. The number of nitrogens with zero attached hydrogens (tertiary/aromatic N) is 1. The van der Waals surface area contributed by atoms with E-state index in [1.807, 2.05) is 0 Å². The number of hydrogen-bond acceptors (Lipinski definition) is 2. The van der Waals surface area contributed by atoms with Gasteiger partial charge in [0.1, 0.15) is 0 Å². The Kier molecular flexibility index (Phi) is 7.01. The minimum atomic E-state index is 0.0927. The van der Waals surface area contributed by atoms with Gasteiger partial charge in [0.15, 0.2) is 5.78 Å². The predicted molar refractivity (Wildman–Crippen MR) is 89.2 cm³/mol. The Labute approximate surface area is 137 Å². The van der Waals surface area contributed by atoms with Crippen molar-refractivity contribution in [2.75, 3.05) is 19.6 Å². The number of benzene rings is 1. The van der Waals surface area contributed by atoms with Crippen LogP contribution >= 0.6 is 23.2 Å². The van der Waals surface area contributed by atoms with E-state index in [9.17, 15) is 4.79 Å². The van der Waals surface area contributed by atoms with Crippen molar-refractivity contribution < 1.29 is 4.79 Å². The van der Waals surface area contributed by atoms with Gasteiger partial charge in [-0.05, 0) is 69.9 Å². The van der Waals surface area contributed by atoms with Crippen LogP contribution in [0.3, 0.4) is 0 Å². The zero-order chi connectivity index (χ0) is 15.1. The number of carbonyl (C=O) groups is 1. The highest BCUT2D eigenvalue weighted by atomic mass is 35.5. The van der Waals surface area contributed by atoms with E-state index in [2.05, 4.69) is 11.3 Å². The Morgan fingerprint density at radius 1 is 1.10 bits per heavy atom. The fourth-order valence-electron chi connectivity index (χ4n) is 2.67. The van der Waals surface area contributed by atoms with Gasteiger partial charge in [-0.1, -0.05) is 29.6 Å². The van der Waals surface area contributed by atoms with Crippen molar-refractivity contribution in [2.24, 2.45) is 0 Å². The Morgan fingerprint density at radius 3 is 2.62 bits per heavy atom. The summed E-state index contributed by atoms with van der Waals surface area (Å²) in [5, 5.41) is 1.05. The first-order valence-electron chi connectivity index (χ1n) is 7.69. The number of rotatable bonds is 7. The zero-order valence-electron chi connectivity index (χ0n) is 12.3. The van der Waals surface area contributed by atoms with Crippen LogP contribution in [0.1, 0.15) is 48.9 Å². The molecule has 2 nitrogen and oxygen atoms in total. The molecule has 0 aromatic heterocycles. The van der Waals surface area contributed by atoms with Crippen LogP contribution in [0.5, 0.6) is 0 Å². The number of unbranched alkanes of at least 4 members (excludes halogenated alkanes) is 2. The lowest BCUT2D eigenvalue weighted by Gasteiger charge is -2.26. The zero-order valence-corrected chi connectivity index (χ0v) is 13.8. The molecular formula is C17H22Cl2NO. The highest BCUT2D eigenvalue weighted by molar-refractivity contribution is 6.35. The normalized spacial score (nSPS) is 16.1. The molecule has 115 valence electrons. The Morgan fingerprint density at radius 2 is 1.86 bits per heavy atom. The molecule has 4 heteroatoms. The van der Waals surface area contributed by atoms with Crippen LogP contribution in [0.15, 0.2) is 18.2 Å². The van der Waals surface area contributed by atoms with Gasteiger partial charge in [0.25, 0.3) is 0 Å². The van der Waals surface area contributed by atoms with Gasteiger partial charge in [-0.25, -0.2) is 0 Å². The highest BCUT2D eigenvalue weighted by Crippen LogP contribution is 2.22. The maximum absolute atomic E-state index is 12.1. The molecule has 1 aliphatic rings. The SMILES string of the molecule is O=C(CCCCCN1CC[CH]CC1)c1cc(Cl)ccc1Cl. The number of piperidine rings is 1. The molecule has 1 fully saturated rings. The molecule has 0 amide bonds. The molecule has 1 saturated heterocycles. The van der Waals surface area contributed by atoms with Gasteiger partial charge in [0.2, 0.25) is 0 Å². The van der Waals surface area contributed by atoms with Crippen LogP contribution in [0.25, 0.3) is 0 Å². The molecule has 1 heterocycles. The van der Waals surface area contributed by atoms with Crippen molar-refractivity contribution in [3.8, 4) is 0 Å². The number of carbonyl (C=O) groups excluding carboxylic acids is 1. The Hall–Kier alpha value is -0.570. The fraction of sp³-hybridized carbons (Fsp3) is 0.529. The summed E-state index contributed by atoms with van der Waals surface area (Å²) in [7, 11) is 0. The molecule has 1 radical (unpaired) electrons.